The second-order valence-corrected chi connectivity index (χ2v) is 7.74. The summed E-state index contributed by atoms with van der Waals surface area (Å²) >= 11 is 25.1. The van der Waals surface area contributed by atoms with Crippen molar-refractivity contribution in [3.8, 4) is 0 Å². The third kappa shape index (κ3) is 2.48. The van der Waals surface area contributed by atoms with Crippen molar-refractivity contribution >= 4 is 79.0 Å². The van der Waals surface area contributed by atoms with E-state index in [9.17, 15) is 0 Å². The lowest BCUT2D eigenvalue weighted by Gasteiger charge is -2.13. The number of nitrogens with zero attached hydrogens (tertiary/aromatic N) is 1. The molecule has 0 spiro atoms. The third-order valence-corrected chi connectivity index (χ3v) is 5.75. The van der Waals surface area contributed by atoms with E-state index in [4.69, 9.17) is 56.1 Å². The first kappa shape index (κ1) is 15.9. The molecular formula is C19H9Cl4NO. The molecule has 1 saturated heterocycles. The summed E-state index contributed by atoms with van der Waals surface area (Å²) in [6.07, 6.45) is 0.0303. The van der Waals surface area contributed by atoms with Gasteiger partial charge in [-0.15, -0.1) is 0 Å². The summed E-state index contributed by atoms with van der Waals surface area (Å²) in [7, 11) is 0. The Kier molecular flexibility index (Phi) is 3.57. The third-order valence-electron chi connectivity index (χ3n) is 4.52. The van der Waals surface area contributed by atoms with Gasteiger partial charge in [0.2, 0.25) is 0 Å². The predicted molar refractivity (Wildman–Crippen MR) is 105 cm³/mol. The van der Waals surface area contributed by atoms with Gasteiger partial charge in [0.25, 0.3) is 0 Å². The molecule has 0 radical (unpaired) electrons. The van der Waals surface area contributed by atoms with Crippen molar-refractivity contribution in [3.05, 3.63) is 62.1 Å². The molecule has 1 aromatic heterocycles. The van der Waals surface area contributed by atoms with Crippen molar-refractivity contribution in [1.82, 2.24) is 4.98 Å². The lowest BCUT2D eigenvalue weighted by Crippen LogP contribution is -1.94. The van der Waals surface area contributed by atoms with Crippen LogP contribution in [-0.2, 0) is 4.74 Å². The van der Waals surface area contributed by atoms with Crippen molar-refractivity contribution in [2.45, 2.75) is 6.10 Å². The van der Waals surface area contributed by atoms with E-state index >= 15 is 0 Å². The van der Waals surface area contributed by atoms with E-state index in [0.29, 0.717) is 32.2 Å². The van der Waals surface area contributed by atoms with E-state index in [-0.39, 0.29) is 6.10 Å². The zero-order valence-electron chi connectivity index (χ0n) is 12.6. The molecule has 1 aliphatic heterocycles. The molecule has 6 heteroatoms. The molecule has 1 fully saturated rings. The summed E-state index contributed by atoms with van der Waals surface area (Å²) in [4.78, 5) is 4.84. The number of halogens is 4. The first-order valence-electron chi connectivity index (χ1n) is 7.64. The highest BCUT2D eigenvalue weighted by Crippen LogP contribution is 2.43. The molecule has 124 valence electrons. The number of epoxide rings is 1. The number of benzene rings is 3. The minimum absolute atomic E-state index is 0.0303. The number of fused-ring (bicyclic) bond motifs is 4. The summed E-state index contributed by atoms with van der Waals surface area (Å²) in [6.45, 7) is 0.678. The summed E-state index contributed by atoms with van der Waals surface area (Å²) in [5.74, 6) is 0. The van der Waals surface area contributed by atoms with Gasteiger partial charge in [-0.2, -0.15) is 0 Å². The summed E-state index contributed by atoms with van der Waals surface area (Å²) in [5, 5.41) is 5.95. The van der Waals surface area contributed by atoms with Crippen LogP contribution in [0.1, 0.15) is 11.7 Å². The summed E-state index contributed by atoms with van der Waals surface area (Å²) < 4.78 is 5.58. The zero-order chi connectivity index (χ0) is 17.3. The Hall–Kier alpha value is -1.29. The van der Waals surface area contributed by atoms with Crippen molar-refractivity contribution in [3.63, 3.8) is 0 Å². The van der Waals surface area contributed by atoms with E-state index in [1.54, 1.807) is 6.07 Å². The number of hydrogen-bond acceptors (Lipinski definition) is 2. The molecule has 4 aromatic rings. The highest BCUT2D eigenvalue weighted by molar-refractivity contribution is 6.43. The van der Waals surface area contributed by atoms with Crippen LogP contribution in [0.3, 0.4) is 0 Å². The average molecular weight is 409 g/mol. The topological polar surface area (TPSA) is 25.4 Å². The lowest BCUT2D eigenvalue weighted by atomic mass is 9.97. The van der Waals surface area contributed by atoms with Gasteiger partial charge in [-0.05, 0) is 29.7 Å². The molecule has 5 rings (SSSR count). The molecule has 0 amide bonds. The van der Waals surface area contributed by atoms with Crippen LogP contribution in [0.5, 0.6) is 0 Å². The van der Waals surface area contributed by atoms with Gasteiger partial charge in [0, 0.05) is 26.7 Å². The molecule has 1 unspecified atom stereocenters. The van der Waals surface area contributed by atoms with Crippen LogP contribution < -0.4 is 0 Å². The molecule has 2 nitrogen and oxygen atoms in total. The largest absolute Gasteiger partial charge is 0.368 e. The van der Waals surface area contributed by atoms with E-state index in [1.807, 2.05) is 30.3 Å². The van der Waals surface area contributed by atoms with Crippen LogP contribution in [-0.4, -0.2) is 11.6 Å². The fourth-order valence-electron chi connectivity index (χ4n) is 3.34. The number of ether oxygens (including phenoxy) is 1. The second kappa shape index (κ2) is 5.60. The van der Waals surface area contributed by atoms with Crippen LogP contribution in [0.25, 0.3) is 32.6 Å². The molecule has 3 aromatic carbocycles. The van der Waals surface area contributed by atoms with Crippen molar-refractivity contribution in [1.29, 1.82) is 0 Å². The van der Waals surface area contributed by atoms with Crippen LogP contribution >= 0.6 is 46.4 Å². The number of aromatic nitrogens is 1. The number of pyridine rings is 1. The highest BCUT2D eigenvalue weighted by Gasteiger charge is 2.30. The van der Waals surface area contributed by atoms with E-state index in [1.165, 1.54) is 0 Å². The number of rotatable bonds is 1. The first-order chi connectivity index (χ1) is 12.0. The van der Waals surface area contributed by atoms with Crippen LogP contribution in [0, 0.1) is 0 Å². The van der Waals surface area contributed by atoms with E-state index in [0.717, 1.165) is 32.6 Å². The van der Waals surface area contributed by atoms with Crippen molar-refractivity contribution in [2.75, 3.05) is 6.61 Å². The van der Waals surface area contributed by atoms with Gasteiger partial charge >= 0.3 is 0 Å². The first-order valence-corrected chi connectivity index (χ1v) is 9.16. The van der Waals surface area contributed by atoms with Gasteiger partial charge in [-0.25, -0.2) is 4.98 Å². The van der Waals surface area contributed by atoms with Crippen LogP contribution in [0.15, 0.2) is 36.4 Å². The maximum atomic E-state index is 6.43. The zero-order valence-corrected chi connectivity index (χ0v) is 15.6. The second-order valence-electron chi connectivity index (χ2n) is 6.08. The SMILES string of the molecule is Clc1cc(Cl)c2nc3c(ccc4cc(Cl)c(Cl)cc43)c(C3CO3)c2c1. The highest BCUT2D eigenvalue weighted by atomic mass is 35.5. The Morgan fingerprint density at radius 2 is 1.56 bits per heavy atom. The average Bonchev–Trinajstić information content (AvgIpc) is 3.39. The Bertz CT molecular complexity index is 1200. The molecule has 0 N–H and O–H groups in total. The van der Waals surface area contributed by atoms with Gasteiger partial charge in [-0.1, -0.05) is 58.5 Å². The van der Waals surface area contributed by atoms with Crippen LogP contribution in [0.2, 0.25) is 20.1 Å². The van der Waals surface area contributed by atoms with Crippen molar-refractivity contribution < 1.29 is 4.74 Å². The molecule has 0 bridgehead atoms. The molecule has 0 saturated carbocycles. The fraction of sp³-hybridized carbons (Fsp3) is 0.105. The quantitative estimate of drug-likeness (QED) is 0.188. The standard InChI is InChI=1S/C19H9Cl4NO/c20-9-4-12-17(16-7-25-16)10-2-1-8-3-13(21)14(22)6-11(8)18(10)24-19(12)15(23)5-9/h1-6,16H,7H2. The minimum Gasteiger partial charge on any atom is -0.368 e. The van der Waals surface area contributed by atoms with Gasteiger partial charge in [0.05, 0.1) is 32.7 Å². The molecular weight excluding hydrogens is 400 g/mol. The summed E-state index contributed by atoms with van der Waals surface area (Å²) in [5.41, 5.74) is 2.61. The molecule has 1 atom stereocenters. The number of hydrogen-bond donors (Lipinski definition) is 0. The Labute approximate surface area is 163 Å². The normalized spacial score (nSPS) is 16.9. The van der Waals surface area contributed by atoms with E-state index in [2.05, 4.69) is 0 Å². The lowest BCUT2D eigenvalue weighted by molar-refractivity contribution is 0.418. The van der Waals surface area contributed by atoms with Gasteiger partial charge in [-0.3, -0.25) is 0 Å². The van der Waals surface area contributed by atoms with Gasteiger partial charge in [0.1, 0.15) is 6.10 Å². The summed E-state index contributed by atoms with van der Waals surface area (Å²) in [6, 6.07) is 11.4. The Morgan fingerprint density at radius 3 is 2.32 bits per heavy atom. The maximum Gasteiger partial charge on any atom is 0.107 e. The van der Waals surface area contributed by atoms with Gasteiger partial charge < -0.3 is 4.74 Å². The van der Waals surface area contributed by atoms with E-state index < -0.39 is 0 Å². The Morgan fingerprint density at radius 1 is 0.800 bits per heavy atom. The molecule has 2 heterocycles. The minimum atomic E-state index is 0.0303. The smallest absolute Gasteiger partial charge is 0.107 e. The Balaban J connectivity index is 2.03. The maximum absolute atomic E-state index is 6.43. The fourth-order valence-corrected chi connectivity index (χ4v) is 4.22. The molecule has 1 aliphatic rings. The monoisotopic (exact) mass is 407 g/mol. The predicted octanol–water partition coefficient (Wildman–Crippen LogP) is 7.23. The molecule has 0 aliphatic carbocycles. The van der Waals surface area contributed by atoms with Crippen LogP contribution in [0.4, 0.5) is 0 Å². The molecule has 25 heavy (non-hydrogen) atoms. The van der Waals surface area contributed by atoms with Crippen molar-refractivity contribution in [2.24, 2.45) is 0 Å². The van der Waals surface area contributed by atoms with Gasteiger partial charge in [0.15, 0.2) is 0 Å².